The molecule has 2 aromatic rings. The number of halogens is 2. The summed E-state index contributed by atoms with van der Waals surface area (Å²) in [4.78, 5) is 4.36. The molecule has 62 valence electrons. The Kier molecular flexibility index (Phi) is 1.96. The number of hydrogen-bond donors (Lipinski definition) is 0. The van der Waals surface area contributed by atoms with Crippen molar-refractivity contribution in [3.05, 3.63) is 33.1 Å². The van der Waals surface area contributed by atoms with Gasteiger partial charge in [0.05, 0.1) is 5.69 Å². The quantitative estimate of drug-likeness (QED) is 0.728. The van der Waals surface area contributed by atoms with Crippen LogP contribution in [0.5, 0.6) is 0 Å². The lowest BCUT2D eigenvalue weighted by Gasteiger charge is -1.94. The van der Waals surface area contributed by atoms with Crippen molar-refractivity contribution in [2.24, 2.45) is 0 Å². The fourth-order valence-electron chi connectivity index (χ4n) is 1.11. The number of fused-ring (bicyclic) bond motifs is 1. The van der Waals surface area contributed by atoms with E-state index in [1.807, 2.05) is 29.7 Å². The van der Waals surface area contributed by atoms with Crippen molar-refractivity contribution in [2.75, 3.05) is 0 Å². The lowest BCUT2D eigenvalue weighted by molar-refractivity contribution is 1.14. The monoisotopic (exact) mass is 288 g/mol. The predicted octanol–water partition coefficient (Wildman–Crippen LogP) is 3.17. The zero-order chi connectivity index (χ0) is 8.72. The molecule has 0 aliphatic rings. The molecule has 2 aromatic heterocycles. The van der Waals surface area contributed by atoms with Crippen molar-refractivity contribution >= 4 is 37.5 Å². The van der Waals surface area contributed by atoms with Crippen LogP contribution in [-0.2, 0) is 0 Å². The minimum atomic E-state index is 0.953. The summed E-state index contributed by atoms with van der Waals surface area (Å²) >= 11 is 6.86. The Morgan fingerprint density at radius 1 is 1.42 bits per heavy atom. The van der Waals surface area contributed by atoms with Crippen LogP contribution in [-0.4, -0.2) is 9.38 Å². The number of pyridine rings is 1. The zero-order valence-electron chi connectivity index (χ0n) is 6.38. The topological polar surface area (TPSA) is 17.3 Å². The van der Waals surface area contributed by atoms with Crippen LogP contribution in [0.2, 0.25) is 0 Å². The van der Waals surface area contributed by atoms with Crippen LogP contribution in [0.25, 0.3) is 5.65 Å². The summed E-state index contributed by atoms with van der Waals surface area (Å²) in [6, 6.07) is 3.97. The first-order valence-electron chi connectivity index (χ1n) is 3.48. The lowest BCUT2D eigenvalue weighted by Crippen LogP contribution is -1.82. The number of hydrogen-bond acceptors (Lipinski definition) is 1. The fraction of sp³-hybridized carbons (Fsp3) is 0.125. The molecule has 0 saturated carbocycles. The number of imidazole rings is 1. The van der Waals surface area contributed by atoms with Gasteiger partial charge in [-0.15, -0.1) is 0 Å². The van der Waals surface area contributed by atoms with Gasteiger partial charge < -0.3 is 0 Å². The van der Waals surface area contributed by atoms with Gasteiger partial charge in [0.25, 0.3) is 0 Å². The molecule has 0 unspecified atom stereocenters. The Labute approximate surface area is 86.9 Å². The third-order valence-electron chi connectivity index (χ3n) is 1.69. The van der Waals surface area contributed by atoms with Crippen molar-refractivity contribution in [1.82, 2.24) is 9.38 Å². The van der Waals surface area contributed by atoms with Crippen LogP contribution < -0.4 is 0 Å². The van der Waals surface area contributed by atoms with Gasteiger partial charge in [0.15, 0.2) is 0 Å². The Morgan fingerprint density at radius 3 is 2.92 bits per heavy atom. The van der Waals surface area contributed by atoms with Crippen LogP contribution in [0, 0.1) is 6.92 Å². The largest absolute Gasteiger partial charge is 0.294 e. The van der Waals surface area contributed by atoms with Crippen LogP contribution in [0.4, 0.5) is 0 Å². The van der Waals surface area contributed by atoms with E-state index >= 15 is 0 Å². The third-order valence-corrected chi connectivity index (χ3v) is 3.14. The summed E-state index contributed by atoms with van der Waals surface area (Å²) in [5.74, 6) is 0. The third kappa shape index (κ3) is 1.19. The molecule has 0 amide bonds. The molecule has 2 rings (SSSR count). The molecule has 2 heterocycles. The zero-order valence-corrected chi connectivity index (χ0v) is 9.55. The molecule has 12 heavy (non-hydrogen) atoms. The maximum Gasteiger partial charge on any atom is 0.139 e. The van der Waals surface area contributed by atoms with Gasteiger partial charge in [0.2, 0.25) is 0 Å². The molecule has 0 aliphatic carbocycles. The van der Waals surface area contributed by atoms with Crippen LogP contribution in [0.3, 0.4) is 0 Å². The summed E-state index contributed by atoms with van der Waals surface area (Å²) in [5, 5.41) is 0. The summed E-state index contributed by atoms with van der Waals surface area (Å²) in [6.45, 7) is 1.98. The van der Waals surface area contributed by atoms with E-state index in [9.17, 15) is 0 Å². The number of aryl methyl sites for hydroxylation is 1. The van der Waals surface area contributed by atoms with Gasteiger partial charge in [-0.05, 0) is 35.0 Å². The summed E-state index contributed by atoms with van der Waals surface area (Å²) in [6.07, 6.45) is 1.98. The standard InChI is InChI=1S/C8H6Br2N2/c1-5-8(10)12-3-2-6(9)4-7(12)11-5/h2-4H,1H3. The fourth-order valence-corrected chi connectivity index (χ4v) is 1.82. The first kappa shape index (κ1) is 8.26. The Balaban J connectivity index is 2.87. The lowest BCUT2D eigenvalue weighted by atomic mass is 10.5. The van der Waals surface area contributed by atoms with Crippen molar-refractivity contribution in [2.45, 2.75) is 6.92 Å². The van der Waals surface area contributed by atoms with Crippen molar-refractivity contribution in [3.8, 4) is 0 Å². The van der Waals surface area contributed by atoms with Gasteiger partial charge in [0.1, 0.15) is 10.3 Å². The molecule has 0 aromatic carbocycles. The molecule has 0 atom stereocenters. The maximum absolute atomic E-state index is 4.36. The highest BCUT2D eigenvalue weighted by atomic mass is 79.9. The summed E-state index contributed by atoms with van der Waals surface area (Å²) in [7, 11) is 0. The second kappa shape index (κ2) is 2.85. The van der Waals surface area contributed by atoms with Crippen LogP contribution in [0.15, 0.2) is 27.4 Å². The van der Waals surface area contributed by atoms with Crippen molar-refractivity contribution in [1.29, 1.82) is 0 Å². The highest BCUT2D eigenvalue weighted by Gasteiger charge is 2.04. The van der Waals surface area contributed by atoms with Crippen LogP contribution in [0.1, 0.15) is 5.69 Å². The molecule has 4 heteroatoms. The second-order valence-corrected chi connectivity index (χ2v) is 4.23. The summed E-state index contributed by atoms with van der Waals surface area (Å²) in [5.41, 5.74) is 1.96. The second-order valence-electron chi connectivity index (χ2n) is 2.56. The highest BCUT2D eigenvalue weighted by Crippen LogP contribution is 2.20. The molecule has 0 spiro atoms. The maximum atomic E-state index is 4.36. The summed E-state index contributed by atoms with van der Waals surface area (Å²) < 4.78 is 4.07. The van der Waals surface area contributed by atoms with E-state index in [0.29, 0.717) is 0 Å². The van der Waals surface area contributed by atoms with Gasteiger partial charge in [-0.25, -0.2) is 4.98 Å². The Morgan fingerprint density at radius 2 is 2.17 bits per heavy atom. The van der Waals surface area contributed by atoms with Crippen molar-refractivity contribution < 1.29 is 0 Å². The molecule has 2 nitrogen and oxygen atoms in total. The van der Waals surface area contributed by atoms with Gasteiger partial charge in [-0.3, -0.25) is 4.40 Å². The smallest absolute Gasteiger partial charge is 0.139 e. The normalized spacial score (nSPS) is 10.9. The minimum absolute atomic E-state index is 0.953. The molecular weight excluding hydrogens is 284 g/mol. The van der Waals surface area contributed by atoms with Crippen LogP contribution >= 0.6 is 31.9 Å². The molecular formula is C8H6Br2N2. The van der Waals surface area contributed by atoms with E-state index in [4.69, 9.17) is 0 Å². The first-order valence-corrected chi connectivity index (χ1v) is 5.07. The number of aromatic nitrogens is 2. The average molecular weight is 290 g/mol. The molecule has 0 saturated heterocycles. The molecule has 0 N–H and O–H groups in total. The predicted molar refractivity (Wildman–Crippen MR) is 55.3 cm³/mol. The first-order chi connectivity index (χ1) is 5.68. The van der Waals surface area contributed by atoms with Gasteiger partial charge >= 0.3 is 0 Å². The Hall–Kier alpha value is -0.350. The van der Waals surface area contributed by atoms with E-state index < -0.39 is 0 Å². The van der Waals surface area contributed by atoms with E-state index in [1.165, 1.54) is 0 Å². The SMILES string of the molecule is Cc1nc2cc(Br)ccn2c1Br. The molecule has 0 aliphatic heterocycles. The number of nitrogens with zero attached hydrogens (tertiary/aromatic N) is 2. The molecule has 0 bridgehead atoms. The number of rotatable bonds is 0. The van der Waals surface area contributed by atoms with E-state index in [1.54, 1.807) is 0 Å². The van der Waals surface area contributed by atoms with E-state index in [0.717, 1.165) is 20.4 Å². The Bertz CT molecular complexity index is 434. The van der Waals surface area contributed by atoms with Crippen molar-refractivity contribution in [3.63, 3.8) is 0 Å². The average Bonchev–Trinajstić information content (AvgIpc) is 2.28. The highest BCUT2D eigenvalue weighted by molar-refractivity contribution is 9.10. The van der Waals surface area contributed by atoms with Gasteiger partial charge in [-0.2, -0.15) is 0 Å². The molecule has 0 fully saturated rings. The molecule has 0 radical (unpaired) electrons. The minimum Gasteiger partial charge on any atom is -0.294 e. The van der Waals surface area contributed by atoms with E-state index in [2.05, 4.69) is 36.8 Å². The van der Waals surface area contributed by atoms with Gasteiger partial charge in [0, 0.05) is 10.7 Å². The van der Waals surface area contributed by atoms with E-state index in [-0.39, 0.29) is 0 Å². The van der Waals surface area contributed by atoms with Gasteiger partial charge in [-0.1, -0.05) is 15.9 Å².